The van der Waals surface area contributed by atoms with Gasteiger partial charge in [0.2, 0.25) is 0 Å². The molecule has 0 fully saturated rings. The Labute approximate surface area is 135 Å². The van der Waals surface area contributed by atoms with Gasteiger partial charge in [0.25, 0.3) is 5.91 Å². The molecule has 0 atom stereocenters. The van der Waals surface area contributed by atoms with E-state index in [2.05, 4.69) is 19.9 Å². The Morgan fingerprint density at radius 3 is 2.57 bits per heavy atom. The van der Waals surface area contributed by atoms with Crippen LogP contribution in [0.15, 0.2) is 42.5 Å². The Morgan fingerprint density at radius 1 is 1.17 bits per heavy atom. The minimum absolute atomic E-state index is 0.0946. The Kier molecular flexibility index (Phi) is 3.84. The fourth-order valence-electron chi connectivity index (χ4n) is 3.50. The molecule has 0 radical (unpaired) electrons. The van der Waals surface area contributed by atoms with Gasteiger partial charge in [0.05, 0.1) is 5.56 Å². The van der Waals surface area contributed by atoms with E-state index in [9.17, 15) is 14.3 Å². The van der Waals surface area contributed by atoms with Gasteiger partial charge in [-0.05, 0) is 36.6 Å². The minimum Gasteiger partial charge on any atom is -0.505 e. The van der Waals surface area contributed by atoms with Crippen LogP contribution in [0.5, 0.6) is 5.75 Å². The van der Waals surface area contributed by atoms with Crippen molar-refractivity contribution in [3.63, 3.8) is 0 Å². The fourth-order valence-corrected chi connectivity index (χ4v) is 3.50. The standard InChI is InChI=1S/C19H20FNO2/c1-3-19(4-2)12-21(15-10-6-5-9-14(15)19)18(23)13-8-7-11-16(22)17(13)20/h5-11,22H,3-4,12H2,1-2H3. The number of hydrogen-bond acceptors (Lipinski definition) is 2. The zero-order valence-electron chi connectivity index (χ0n) is 13.3. The van der Waals surface area contributed by atoms with Gasteiger partial charge in [0, 0.05) is 17.6 Å². The molecule has 3 nitrogen and oxygen atoms in total. The van der Waals surface area contributed by atoms with E-state index in [1.807, 2.05) is 18.2 Å². The molecule has 1 heterocycles. The molecule has 4 heteroatoms. The smallest absolute Gasteiger partial charge is 0.261 e. The number of nitrogens with zero attached hydrogens (tertiary/aromatic N) is 1. The first-order valence-electron chi connectivity index (χ1n) is 7.93. The van der Waals surface area contributed by atoms with E-state index in [1.54, 1.807) is 4.90 Å². The van der Waals surface area contributed by atoms with Crippen molar-refractivity contribution in [1.29, 1.82) is 0 Å². The third-order valence-electron chi connectivity index (χ3n) is 5.03. The summed E-state index contributed by atoms with van der Waals surface area (Å²) in [6.45, 7) is 4.76. The summed E-state index contributed by atoms with van der Waals surface area (Å²) < 4.78 is 14.1. The highest BCUT2D eigenvalue weighted by molar-refractivity contribution is 6.08. The normalized spacial score (nSPS) is 15.5. The molecular weight excluding hydrogens is 293 g/mol. The molecule has 1 aliphatic rings. The second-order valence-corrected chi connectivity index (χ2v) is 6.03. The number of carbonyl (C=O) groups excluding carboxylic acids is 1. The zero-order valence-corrected chi connectivity index (χ0v) is 13.3. The van der Waals surface area contributed by atoms with Crippen molar-refractivity contribution in [1.82, 2.24) is 0 Å². The predicted octanol–water partition coefficient (Wildman–Crippen LogP) is 4.25. The molecule has 0 saturated heterocycles. The molecule has 0 saturated carbocycles. The van der Waals surface area contributed by atoms with Crippen molar-refractivity contribution in [2.24, 2.45) is 0 Å². The van der Waals surface area contributed by atoms with Gasteiger partial charge in [0.1, 0.15) is 0 Å². The van der Waals surface area contributed by atoms with E-state index < -0.39 is 17.5 Å². The first kappa shape index (κ1) is 15.5. The van der Waals surface area contributed by atoms with Gasteiger partial charge in [-0.15, -0.1) is 0 Å². The molecule has 0 aliphatic carbocycles. The highest BCUT2D eigenvalue weighted by Gasteiger charge is 2.42. The summed E-state index contributed by atoms with van der Waals surface area (Å²) in [7, 11) is 0. The number of rotatable bonds is 3. The predicted molar refractivity (Wildman–Crippen MR) is 88.4 cm³/mol. The summed E-state index contributed by atoms with van der Waals surface area (Å²) in [6.07, 6.45) is 1.82. The average molecular weight is 313 g/mol. The van der Waals surface area contributed by atoms with Gasteiger partial charge >= 0.3 is 0 Å². The maximum Gasteiger partial charge on any atom is 0.261 e. The molecule has 1 aliphatic heterocycles. The van der Waals surface area contributed by atoms with E-state index in [0.717, 1.165) is 24.1 Å². The van der Waals surface area contributed by atoms with Crippen molar-refractivity contribution in [3.8, 4) is 5.75 Å². The van der Waals surface area contributed by atoms with E-state index >= 15 is 0 Å². The first-order chi connectivity index (χ1) is 11.0. The summed E-state index contributed by atoms with van der Waals surface area (Å²) in [5.41, 5.74) is 1.78. The van der Waals surface area contributed by atoms with Crippen LogP contribution in [-0.4, -0.2) is 17.6 Å². The summed E-state index contributed by atoms with van der Waals surface area (Å²) >= 11 is 0. The minimum atomic E-state index is -0.861. The lowest BCUT2D eigenvalue weighted by Gasteiger charge is -2.27. The summed E-state index contributed by atoms with van der Waals surface area (Å²) in [4.78, 5) is 14.5. The van der Waals surface area contributed by atoms with Crippen molar-refractivity contribution in [2.75, 3.05) is 11.4 Å². The van der Waals surface area contributed by atoms with Crippen molar-refractivity contribution < 1.29 is 14.3 Å². The number of amides is 1. The summed E-state index contributed by atoms with van der Waals surface area (Å²) in [5, 5.41) is 9.54. The lowest BCUT2D eigenvalue weighted by Crippen LogP contribution is -2.36. The summed E-state index contributed by atoms with van der Waals surface area (Å²) in [6, 6.07) is 12.0. The van der Waals surface area contributed by atoms with Gasteiger partial charge in [-0.3, -0.25) is 4.79 Å². The average Bonchev–Trinajstić information content (AvgIpc) is 2.92. The number of halogens is 1. The van der Waals surface area contributed by atoms with E-state index in [1.165, 1.54) is 18.2 Å². The van der Waals surface area contributed by atoms with Crippen LogP contribution in [0, 0.1) is 5.82 Å². The molecule has 0 spiro atoms. The molecule has 120 valence electrons. The highest BCUT2D eigenvalue weighted by atomic mass is 19.1. The van der Waals surface area contributed by atoms with Gasteiger partial charge in [0.15, 0.2) is 11.6 Å². The van der Waals surface area contributed by atoms with Crippen molar-refractivity contribution >= 4 is 11.6 Å². The van der Waals surface area contributed by atoms with Crippen molar-refractivity contribution in [3.05, 3.63) is 59.4 Å². The van der Waals surface area contributed by atoms with Crippen LogP contribution in [-0.2, 0) is 5.41 Å². The maximum atomic E-state index is 14.1. The Bertz CT molecular complexity index is 753. The molecule has 2 aromatic carbocycles. The van der Waals surface area contributed by atoms with Crippen LogP contribution in [0.2, 0.25) is 0 Å². The maximum absolute atomic E-state index is 14.1. The van der Waals surface area contributed by atoms with E-state index in [-0.39, 0.29) is 11.0 Å². The summed E-state index contributed by atoms with van der Waals surface area (Å²) in [5.74, 6) is -1.77. The lowest BCUT2D eigenvalue weighted by molar-refractivity contribution is 0.0979. The molecule has 0 aromatic heterocycles. The van der Waals surface area contributed by atoms with Crippen LogP contribution in [0.3, 0.4) is 0 Å². The molecule has 2 aromatic rings. The largest absolute Gasteiger partial charge is 0.505 e. The van der Waals surface area contributed by atoms with Crippen LogP contribution in [0.4, 0.5) is 10.1 Å². The lowest BCUT2D eigenvalue weighted by atomic mass is 9.78. The SMILES string of the molecule is CCC1(CC)CN(C(=O)c2cccc(O)c2F)c2ccccc21. The number of para-hydroxylation sites is 1. The molecule has 1 N–H and O–H groups in total. The monoisotopic (exact) mass is 313 g/mol. The number of phenolic OH excluding ortho intramolecular Hbond substituents is 1. The van der Waals surface area contributed by atoms with Crippen LogP contribution < -0.4 is 4.90 Å². The second-order valence-electron chi connectivity index (χ2n) is 6.03. The van der Waals surface area contributed by atoms with E-state index in [4.69, 9.17) is 0 Å². The number of benzene rings is 2. The molecular formula is C19H20FNO2. The molecule has 0 bridgehead atoms. The van der Waals surface area contributed by atoms with Crippen LogP contribution in [0.1, 0.15) is 42.6 Å². The van der Waals surface area contributed by atoms with Gasteiger partial charge < -0.3 is 10.0 Å². The second kappa shape index (κ2) is 5.69. The first-order valence-corrected chi connectivity index (χ1v) is 7.93. The third kappa shape index (κ3) is 2.29. The van der Waals surface area contributed by atoms with Gasteiger partial charge in [-0.25, -0.2) is 4.39 Å². The van der Waals surface area contributed by atoms with Crippen LogP contribution >= 0.6 is 0 Å². The number of carbonyl (C=O) groups is 1. The topological polar surface area (TPSA) is 40.5 Å². The third-order valence-corrected chi connectivity index (χ3v) is 5.03. The molecule has 3 rings (SSSR count). The number of phenols is 1. The van der Waals surface area contributed by atoms with Gasteiger partial charge in [-0.1, -0.05) is 38.1 Å². The Morgan fingerprint density at radius 2 is 1.87 bits per heavy atom. The molecule has 0 unspecified atom stereocenters. The van der Waals surface area contributed by atoms with E-state index in [0.29, 0.717) is 6.54 Å². The Hall–Kier alpha value is -2.36. The zero-order chi connectivity index (χ0) is 16.6. The van der Waals surface area contributed by atoms with Crippen LogP contribution in [0.25, 0.3) is 0 Å². The van der Waals surface area contributed by atoms with Crippen molar-refractivity contribution in [2.45, 2.75) is 32.1 Å². The number of hydrogen-bond donors (Lipinski definition) is 1. The number of anilines is 1. The number of fused-ring (bicyclic) bond motifs is 1. The fraction of sp³-hybridized carbons (Fsp3) is 0.316. The molecule has 1 amide bonds. The van der Waals surface area contributed by atoms with Gasteiger partial charge in [-0.2, -0.15) is 0 Å². The quantitative estimate of drug-likeness (QED) is 0.920. The highest BCUT2D eigenvalue weighted by Crippen LogP contribution is 2.45. The number of aromatic hydroxyl groups is 1. The Balaban J connectivity index is 2.08. The molecule has 23 heavy (non-hydrogen) atoms.